The van der Waals surface area contributed by atoms with E-state index in [1.165, 1.54) is 0 Å². The van der Waals surface area contributed by atoms with Crippen LogP contribution in [0.4, 0.5) is 13.2 Å². The van der Waals surface area contributed by atoms with Gasteiger partial charge >= 0.3 is 6.18 Å². The van der Waals surface area contributed by atoms with Crippen molar-refractivity contribution in [2.24, 2.45) is 11.8 Å². The number of hydrogen-bond acceptors (Lipinski definition) is 2. The quantitative estimate of drug-likeness (QED) is 0.839. The first-order valence-electron chi connectivity index (χ1n) is 6.49. The van der Waals surface area contributed by atoms with Crippen LogP contribution >= 0.6 is 0 Å². The van der Waals surface area contributed by atoms with Gasteiger partial charge in [0.2, 0.25) is 0 Å². The van der Waals surface area contributed by atoms with Crippen molar-refractivity contribution >= 4 is 0 Å². The highest BCUT2D eigenvalue weighted by Gasteiger charge is 2.39. The molecule has 0 heterocycles. The van der Waals surface area contributed by atoms with Crippen molar-refractivity contribution in [2.75, 3.05) is 6.54 Å². The maximum atomic E-state index is 12.3. The Morgan fingerprint density at radius 2 is 2.11 bits per heavy atom. The normalized spacial score (nSPS) is 29.3. The molecular weight excluding hydrogens is 241 g/mol. The summed E-state index contributed by atoms with van der Waals surface area (Å²) in [4.78, 5) is 0. The number of nitriles is 1. The van der Waals surface area contributed by atoms with Crippen LogP contribution in [0.2, 0.25) is 0 Å². The predicted octanol–water partition coefficient (Wildman–Crippen LogP) is 3.64. The highest BCUT2D eigenvalue weighted by atomic mass is 19.4. The molecule has 2 unspecified atom stereocenters. The second-order valence-electron chi connectivity index (χ2n) is 5.75. The summed E-state index contributed by atoms with van der Waals surface area (Å²) in [5.74, 6) is 0.881. The van der Waals surface area contributed by atoms with E-state index in [1.54, 1.807) is 0 Å². The molecular formula is C13H21F3N2. The van der Waals surface area contributed by atoms with Crippen molar-refractivity contribution in [3.05, 3.63) is 0 Å². The molecule has 18 heavy (non-hydrogen) atoms. The van der Waals surface area contributed by atoms with Crippen LogP contribution in [-0.4, -0.2) is 18.3 Å². The van der Waals surface area contributed by atoms with Crippen LogP contribution in [0.15, 0.2) is 0 Å². The molecule has 5 heteroatoms. The van der Waals surface area contributed by atoms with Gasteiger partial charge in [-0.25, -0.2) is 0 Å². The van der Waals surface area contributed by atoms with Crippen LogP contribution in [0.3, 0.4) is 0 Å². The van der Waals surface area contributed by atoms with Crippen molar-refractivity contribution in [3.63, 3.8) is 0 Å². The van der Waals surface area contributed by atoms with Crippen LogP contribution in [0.5, 0.6) is 0 Å². The monoisotopic (exact) mass is 262 g/mol. The molecule has 1 aliphatic carbocycles. The first-order chi connectivity index (χ1) is 8.26. The highest BCUT2D eigenvalue weighted by molar-refractivity contribution is 5.10. The average Bonchev–Trinajstić information content (AvgIpc) is 2.25. The fourth-order valence-electron chi connectivity index (χ4n) is 2.83. The SMILES string of the molecule is CC(C)CC1CCCC(C#N)(NCC(F)(F)F)C1. The van der Waals surface area contributed by atoms with E-state index in [1.807, 2.05) is 0 Å². The van der Waals surface area contributed by atoms with Gasteiger partial charge in [0.05, 0.1) is 12.6 Å². The Balaban J connectivity index is 2.61. The van der Waals surface area contributed by atoms with E-state index in [0.29, 0.717) is 24.7 Å². The zero-order valence-corrected chi connectivity index (χ0v) is 11.0. The Bertz CT molecular complexity index is 306. The lowest BCUT2D eigenvalue weighted by Crippen LogP contribution is -2.50. The van der Waals surface area contributed by atoms with Crippen molar-refractivity contribution < 1.29 is 13.2 Å². The molecule has 0 bridgehead atoms. The maximum Gasteiger partial charge on any atom is 0.401 e. The molecule has 0 spiro atoms. The molecule has 0 aromatic rings. The standard InChI is InChI=1S/C13H21F3N2/c1-10(2)6-11-4-3-5-12(7-11,8-17)18-9-13(14,15)16/h10-11,18H,3-7,9H2,1-2H3. The fraction of sp³-hybridized carbons (Fsp3) is 0.923. The number of nitrogens with zero attached hydrogens (tertiary/aromatic N) is 1. The molecule has 1 saturated carbocycles. The highest BCUT2D eigenvalue weighted by Crippen LogP contribution is 2.36. The number of halogens is 3. The van der Waals surface area contributed by atoms with E-state index in [-0.39, 0.29) is 0 Å². The predicted molar refractivity (Wildman–Crippen MR) is 63.8 cm³/mol. The molecule has 2 nitrogen and oxygen atoms in total. The Labute approximate surface area is 107 Å². The largest absolute Gasteiger partial charge is 0.401 e. The molecule has 1 aliphatic rings. The van der Waals surface area contributed by atoms with E-state index in [9.17, 15) is 18.4 Å². The minimum atomic E-state index is -4.26. The number of nitrogens with one attached hydrogen (secondary N) is 1. The van der Waals surface area contributed by atoms with Gasteiger partial charge in [0.25, 0.3) is 0 Å². The number of alkyl halides is 3. The van der Waals surface area contributed by atoms with E-state index in [2.05, 4.69) is 25.2 Å². The van der Waals surface area contributed by atoms with Crippen LogP contribution in [0, 0.1) is 23.2 Å². The van der Waals surface area contributed by atoms with Gasteiger partial charge in [0.15, 0.2) is 0 Å². The summed E-state index contributed by atoms with van der Waals surface area (Å²) in [7, 11) is 0. The Hall–Kier alpha value is -0.760. The molecule has 1 rings (SSSR count). The van der Waals surface area contributed by atoms with Crippen LogP contribution in [0.25, 0.3) is 0 Å². The third-order valence-electron chi connectivity index (χ3n) is 3.50. The Morgan fingerprint density at radius 1 is 1.44 bits per heavy atom. The molecule has 104 valence electrons. The number of hydrogen-bond donors (Lipinski definition) is 1. The molecule has 0 aliphatic heterocycles. The van der Waals surface area contributed by atoms with Crippen molar-refractivity contribution in [3.8, 4) is 6.07 Å². The zero-order chi connectivity index (χ0) is 13.8. The molecule has 0 saturated heterocycles. The smallest absolute Gasteiger partial charge is 0.291 e. The summed E-state index contributed by atoms with van der Waals surface area (Å²) in [6.07, 6.45) is -0.358. The van der Waals surface area contributed by atoms with E-state index in [0.717, 1.165) is 19.3 Å². The summed E-state index contributed by atoms with van der Waals surface area (Å²) < 4.78 is 36.8. The molecule has 1 fully saturated rings. The second kappa shape index (κ2) is 5.92. The molecule has 0 amide bonds. The van der Waals surface area contributed by atoms with Gasteiger partial charge in [0, 0.05) is 0 Å². The lowest BCUT2D eigenvalue weighted by molar-refractivity contribution is -0.128. The van der Waals surface area contributed by atoms with Crippen LogP contribution in [-0.2, 0) is 0 Å². The first-order valence-corrected chi connectivity index (χ1v) is 6.49. The van der Waals surface area contributed by atoms with Gasteiger partial charge < -0.3 is 0 Å². The lowest BCUT2D eigenvalue weighted by Gasteiger charge is -2.37. The van der Waals surface area contributed by atoms with Crippen molar-refractivity contribution in [1.82, 2.24) is 5.32 Å². The van der Waals surface area contributed by atoms with E-state index in [4.69, 9.17) is 0 Å². The molecule has 0 aromatic carbocycles. The molecule has 0 aromatic heterocycles. The summed E-state index contributed by atoms with van der Waals surface area (Å²) >= 11 is 0. The summed E-state index contributed by atoms with van der Waals surface area (Å²) in [5, 5.41) is 11.7. The first kappa shape index (κ1) is 15.3. The third kappa shape index (κ3) is 4.85. The van der Waals surface area contributed by atoms with Gasteiger partial charge in [0.1, 0.15) is 5.54 Å². The lowest BCUT2D eigenvalue weighted by atomic mass is 9.74. The minimum Gasteiger partial charge on any atom is -0.291 e. The second-order valence-corrected chi connectivity index (χ2v) is 5.75. The van der Waals surface area contributed by atoms with Crippen molar-refractivity contribution in [1.29, 1.82) is 5.26 Å². The van der Waals surface area contributed by atoms with Gasteiger partial charge in [-0.3, -0.25) is 5.32 Å². The summed E-state index contributed by atoms with van der Waals surface area (Å²) in [6, 6.07) is 2.08. The Kier molecular flexibility index (Phi) is 5.03. The Morgan fingerprint density at radius 3 is 2.61 bits per heavy atom. The van der Waals surface area contributed by atoms with Gasteiger partial charge in [-0.2, -0.15) is 18.4 Å². The third-order valence-corrected chi connectivity index (χ3v) is 3.50. The summed E-state index contributed by atoms with van der Waals surface area (Å²) in [6.45, 7) is 3.13. The fourth-order valence-corrected chi connectivity index (χ4v) is 2.83. The van der Waals surface area contributed by atoms with E-state index < -0.39 is 18.3 Å². The number of rotatable bonds is 4. The topological polar surface area (TPSA) is 35.8 Å². The molecule has 1 N–H and O–H groups in total. The van der Waals surface area contributed by atoms with Crippen LogP contribution < -0.4 is 5.32 Å². The van der Waals surface area contributed by atoms with Gasteiger partial charge in [-0.1, -0.05) is 26.7 Å². The average molecular weight is 262 g/mol. The molecule has 2 atom stereocenters. The van der Waals surface area contributed by atoms with Crippen molar-refractivity contribution in [2.45, 2.75) is 57.7 Å². The maximum absolute atomic E-state index is 12.3. The summed E-state index contributed by atoms with van der Waals surface area (Å²) in [5.41, 5.74) is -0.979. The van der Waals surface area contributed by atoms with Gasteiger partial charge in [-0.15, -0.1) is 0 Å². The zero-order valence-electron chi connectivity index (χ0n) is 11.0. The van der Waals surface area contributed by atoms with Crippen LogP contribution in [0.1, 0.15) is 46.0 Å². The van der Waals surface area contributed by atoms with Gasteiger partial charge in [-0.05, 0) is 31.1 Å². The molecule has 0 radical (unpaired) electrons. The minimum absolute atomic E-state index is 0.360. The van der Waals surface area contributed by atoms with E-state index >= 15 is 0 Å².